The Morgan fingerprint density at radius 3 is 2.72 bits per heavy atom. The number of aromatic hydroxyl groups is 1. The number of carbonyl (C=O) groups is 1. The summed E-state index contributed by atoms with van der Waals surface area (Å²) in [6.07, 6.45) is 0. The molecule has 0 spiro atoms. The summed E-state index contributed by atoms with van der Waals surface area (Å²) in [6, 6.07) is 15.4. The van der Waals surface area contributed by atoms with Gasteiger partial charge in [0.05, 0.1) is 17.5 Å². The lowest BCUT2D eigenvalue weighted by Crippen LogP contribution is -2.23. The summed E-state index contributed by atoms with van der Waals surface area (Å²) in [5, 5.41) is 12.1. The van der Waals surface area contributed by atoms with E-state index in [2.05, 4.69) is 4.99 Å². The van der Waals surface area contributed by atoms with Crippen LogP contribution < -0.4 is 10.6 Å². The molecule has 1 amide bonds. The van der Waals surface area contributed by atoms with Crippen LogP contribution in [0.5, 0.6) is 5.88 Å². The van der Waals surface area contributed by atoms with Crippen LogP contribution in [-0.4, -0.2) is 15.6 Å². The van der Waals surface area contributed by atoms with Crippen LogP contribution in [-0.2, 0) is 11.3 Å². The zero-order valence-corrected chi connectivity index (χ0v) is 15.0. The van der Waals surface area contributed by atoms with Crippen LogP contribution in [0.3, 0.4) is 0 Å². The van der Waals surface area contributed by atoms with Crippen molar-refractivity contribution in [1.82, 2.24) is 4.57 Å². The maximum Gasteiger partial charge on any atom is 0.279 e. The molecule has 0 saturated carbocycles. The molecule has 0 bridgehead atoms. The number of hydrogen-bond acceptors (Lipinski definition) is 4. The van der Waals surface area contributed by atoms with E-state index in [9.17, 15) is 9.90 Å². The molecule has 1 aliphatic rings. The number of aromatic nitrogens is 1. The van der Waals surface area contributed by atoms with Gasteiger partial charge in [0, 0.05) is 5.22 Å². The second-order valence-corrected chi connectivity index (χ2v) is 7.55. The summed E-state index contributed by atoms with van der Waals surface area (Å²) in [5.41, 5.74) is 2.49. The van der Waals surface area contributed by atoms with E-state index >= 15 is 0 Å². The monoisotopic (exact) mass is 366 g/mol. The van der Waals surface area contributed by atoms with Crippen molar-refractivity contribution in [2.24, 2.45) is 4.99 Å². The summed E-state index contributed by atoms with van der Waals surface area (Å²) in [6.45, 7) is 2.42. The first-order valence-electron chi connectivity index (χ1n) is 7.75. The summed E-state index contributed by atoms with van der Waals surface area (Å²) >= 11 is 6.66. The van der Waals surface area contributed by atoms with Gasteiger partial charge < -0.3 is 5.11 Å². The lowest BCUT2D eigenvalue weighted by molar-refractivity contribution is -0.112. The van der Waals surface area contributed by atoms with E-state index in [-0.39, 0.29) is 11.8 Å². The predicted octanol–water partition coefficient (Wildman–Crippen LogP) is 2.70. The molecule has 6 heteroatoms. The van der Waals surface area contributed by atoms with Gasteiger partial charge >= 0.3 is 0 Å². The van der Waals surface area contributed by atoms with Gasteiger partial charge in [-0.25, -0.2) is 4.99 Å². The number of rotatable bonds is 3. The molecular weight excluding hydrogens is 352 g/mol. The maximum absolute atomic E-state index is 12.4. The minimum absolute atomic E-state index is 0.0201. The standard InChI is InChI=1S/C19H14N2O2S2/c1-11-7-8-14-13(9-11)15(17(22)20-14)16-18(23)21(19(24)25-16)10-12-5-3-2-4-6-12/h2-9,23H,10H2,1H3. The molecule has 1 N–H and O–H groups in total. The first kappa shape index (κ1) is 15.9. The van der Waals surface area contributed by atoms with E-state index in [1.54, 1.807) is 4.57 Å². The van der Waals surface area contributed by atoms with Crippen molar-refractivity contribution in [3.8, 4) is 5.88 Å². The average Bonchev–Trinajstić information content (AvgIpc) is 3.05. The van der Waals surface area contributed by atoms with Gasteiger partial charge in [0.25, 0.3) is 5.91 Å². The highest BCUT2D eigenvalue weighted by Gasteiger charge is 2.25. The number of aryl methyl sites for hydroxylation is 1. The molecule has 124 valence electrons. The zero-order valence-electron chi connectivity index (χ0n) is 13.4. The Kier molecular flexibility index (Phi) is 3.86. The second-order valence-electron chi connectivity index (χ2n) is 5.91. The van der Waals surface area contributed by atoms with Crippen molar-refractivity contribution in [3.63, 3.8) is 0 Å². The Balaban J connectivity index is 1.90. The lowest BCUT2D eigenvalue weighted by Gasteiger charge is -2.05. The lowest BCUT2D eigenvalue weighted by atomic mass is 10.1. The van der Waals surface area contributed by atoms with Gasteiger partial charge in [-0.15, -0.1) is 11.3 Å². The second kappa shape index (κ2) is 6.06. The van der Waals surface area contributed by atoms with Crippen LogP contribution in [0.2, 0.25) is 0 Å². The SMILES string of the molecule is Cc1ccc2c(c1)=C(c1sc(=S)n(Cc3ccccc3)c1O)C(=O)N=2. The molecule has 4 rings (SSSR count). The van der Waals surface area contributed by atoms with Crippen LogP contribution in [0.1, 0.15) is 16.0 Å². The van der Waals surface area contributed by atoms with Gasteiger partial charge in [-0.3, -0.25) is 9.36 Å². The number of benzene rings is 2. The number of amides is 1. The molecular formula is C19H14N2O2S2. The van der Waals surface area contributed by atoms with Gasteiger partial charge in [-0.2, -0.15) is 0 Å². The molecule has 25 heavy (non-hydrogen) atoms. The molecule has 1 aromatic heterocycles. The number of thiazole rings is 1. The topological polar surface area (TPSA) is 54.6 Å². The van der Waals surface area contributed by atoms with Crippen molar-refractivity contribution in [2.75, 3.05) is 0 Å². The highest BCUT2D eigenvalue weighted by molar-refractivity contribution is 7.73. The average molecular weight is 366 g/mol. The number of nitrogens with zero attached hydrogens (tertiary/aromatic N) is 2. The fraction of sp³-hybridized carbons (Fsp3) is 0.105. The van der Waals surface area contributed by atoms with Crippen LogP contribution >= 0.6 is 23.6 Å². The third kappa shape index (κ3) is 2.73. The quantitative estimate of drug-likeness (QED) is 0.725. The van der Waals surface area contributed by atoms with Gasteiger partial charge in [0.1, 0.15) is 4.88 Å². The molecule has 1 aliphatic heterocycles. The van der Waals surface area contributed by atoms with E-state index in [1.807, 2.05) is 55.5 Å². The fourth-order valence-corrected chi connectivity index (χ4v) is 4.25. The molecule has 4 nitrogen and oxygen atoms in total. The van der Waals surface area contributed by atoms with Crippen molar-refractivity contribution in [2.45, 2.75) is 13.5 Å². The van der Waals surface area contributed by atoms with Gasteiger partial charge in [-0.1, -0.05) is 42.0 Å². The largest absolute Gasteiger partial charge is 0.493 e. The van der Waals surface area contributed by atoms with Crippen molar-refractivity contribution in [3.05, 3.63) is 79.1 Å². The summed E-state index contributed by atoms with van der Waals surface area (Å²) < 4.78 is 2.18. The van der Waals surface area contributed by atoms with Crippen LogP contribution in [0.15, 0.2) is 53.5 Å². The Hall–Kier alpha value is -2.57. The van der Waals surface area contributed by atoms with E-state index in [1.165, 1.54) is 11.3 Å². The fourth-order valence-electron chi connectivity index (χ4n) is 2.91. The minimum Gasteiger partial charge on any atom is -0.493 e. The Morgan fingerprint density at radius 2 is 1.96 bits per heavy atom. The Bertz CT molecular complexity index is 1170. The van der Waals surface area contributed by atoms with Gasteiger partial charge in [-0.05, 0) is 36.8 Å². The number of fused-ring (bicyclic) bond motifs is 1. The molecule has 0 unspecified atom stereocenters. The smallest absolute Gasteiger partial charge is 0.279 e. The van der Waals surface area contributed by atoms with Crippen LogP contribution in [0, 0.1) is 10.9 Å². The highest BCUT2D eigenvalue weighted by Crippen LogP contribution is 2.33. The molecule has 2 aromatic carbocycles. The number of carbonyl (C=O) groups excluding carboxylic acids is 1. The normalized spacial score (nSPS) is 13.0. The molecule has 0 aliphatic carbocycles. The van der Waals surface area contributed by atoms with Crippen molar-refractivity contribution < 1.29 is 9.90 Å². The van der Waals surface area contributed by atoms with Gasteiger partial charge in [0.15, 0.2) is 3.95 Å². The molecule has 0 fully saturated rings. The van der Waals surface area contributed by atoms with Crippen molar-refractivity contribution in [1.29, 1.82) is 0 Å². The first-order valence-corrected chi connectivity index (χ1v) is 8.98. The summed E-state index contributed by atoms with van der Waals surface area (Å²) in [5.74, 6) is -0.314. The highest BCUT2D eigenvalue weighted by atomic mass is 32.1. The molecule has 0 saturated heterocycles. The molecule has 2 heterocycles. The maximum atomic E-state index is 12.4. The van der Waals surface area contributed by atoms with E-state index in [0.717, 1.165) is 16.3 Å². The van der Waals surface area contributed by atoms with E-state index < -0.39 is 0 Å². The minimum atomic E-state index is -0.334. The number of hydrogen-bond donors (Lipinski definition) is 1. The molecule has 3 aromatic rings. The zero-order chi connectivity index (χ0) is 17.6. The van der Waals surface area contributed by atoms with Crippen LogP contribution in [0.4, 0.5) is 0 Å². The van der Waals surface area contributed by atoms with Crippen molar-refractivity contribution >= 4 is 35.0 Å². The molecule has 0 atom stereocenters. The Morgan fingerprint density at radius 1 is 1.20 bits per heavy atom. The summed E-state index contributed by atoms with van der Waals surface area (Å²) in [4.78, 5) is 17.0. The Labute approximate surface area is 153 Å². The molecule has 0 radical (unpaired) electrons. The predicted molar refractivity (Wildman–Crippen MR) is 99.8 cm³/mol. The van der Waals surface area contributed by atoms with Crippen LogP contribution in [0.25, 0.3) is 5.57 Å². The summed E-state index contributed by atoms with van der Waals surface area (Å²) in [7, 11) is 0. The first-order chi connectivity index (χ1) is 12.0. The van der Waals surface area contributed by atoms with E-state index in [4.69, 9.17) is 12.2 Å². The third-order valence-electron chi connectivity index (χ3n) is 4.14. The van der Waals surface area contributed by atoms with Gasteiger partial charge in [0.2, 0.25) is 5.88 Å². The third-order valence-corrected chi connectivity index (χ3v) is 5.59. The van der Waals surface area contributed by atoms with E-state index in [0.29, 0.717) is 26.3 Å².